The molecule has 0 unspecified atom stereocenters. The van der Waals surface area contributed by atoms with Crippen LogP contribution in [0.3, 0.4) is 0 Å². The number of phosphoric acid groups is 1. The maximum absolute atomic E-state index is 8.88. The van der Waals surface area contributed by atoms with Crippen LogP contribution in [-0.2, 0) is 38.7 Å². The van der Waals surface area contributed by atoms with E-state index in [2.05, 4.69) is 0 Å². The fourth-order valence-electron chi connectivity index (χ4n) is 0. The van der Waals surface area contributed by atoms with Crippen LogP contribution in [-0.4, -0.2) is 52.4 Å². The van der Waals surface area contributed by atoms with Gasteiger partial charge in [0.2, 0.25) is 0 Å². The number of hydrogen-bond acceptors (Lipinski definition) is 1. The average molecular weight is 251 g/mol. The Hall–Kier alpha value is 2.41. The van der Waals surface area contributed by atoms with E-state index in [1.54, 1.807) is 0 Å². The van der Waals surface area contributed by atoms with Crippen molar-refractivity contribution in [3.63, 3.8) is 0 Å². The van der Waals surface area contributed by atoms with Gasteiger partial charge in [-0.05, 0) is 0 Å². The first kappa shape index (κ1) is 22.4. The van der Waals surface area contributed by atoms with Crippen LogP contribution in [0.4, 0.5) is 0 Å². The van der Waals surface area contributed by atoms with Crippen LogP contribution in [0.15, 0.2) is 0 Å². The molecule has 0 heterocycles. The first-order valence-corrected chi connectivity index (χ1v) is 2.35. The molecule has 0 saturated carbocycles. The Kier molecular flexibility index (Phi) is 26.4. The normalized spacial score (nSPS) is 7.38. The van der Waals surface area contributed by atoms with Crippen LogP contribution in [0.1, 0.15) is 0 Å². The SMILES string of the molecule is O=P(O)(O)O.[CaH2].[Fe].[Mn]. The van der Waals surface area contributed by atoms with Gasteiger partial charge in [0.15, 0.2) is 0 Å². The first-order valence-electron chi connectivity index (χ1n) is 0.783. The van der Waals surface area contributed by atoms with Gasteiger partial charge in [-0.3, -0.25) is 0 Å². The van der Waals surface area contributed by atoms with Crippen molar-refractivity contribution in [2.24, 2.45) is 0 Å². The standard InChI is InChI=1S/Ca.Fe.Mn.H3O4P.2H/c;;;1-5(2,3)4;;/h;;;(H3,1,2,3,4);;. The Morgan fingerprint density at radius 2 is 1.12 bits per heavy atom. The summed E-state index contributed by atoms with van der Waals surface area (Å²) in [4.78, 5) is 21.6. The molecule has 1 radical (unpaired) electrons. The van der Waals surface area contributed by atoms with Crippen LogP contribution >= 0.6 is 7.82 Å². The second-order valence-electron chi connectivity index (χ2n) is 0.513. The van der Waals surface area contributed by atoms with Crippen molar-refractivity contribution < 1.29 is 53.4 Å². The Labute approximate surface area is 97.6 Å². The summed E-state index contributed by atoms with van der Waals surface area (Å²) in [5.74, 6) is 0. The van der Waals surface area contributed by atoms with E-state index < -0.39 is 7.82 Å². The maximum atomic E-state index is 8.88. The molecule has 0 fully saturated rings. The minimum atomic E-state index is -4.64. The molecule has 51 valence electrons. The second kappa shape index (κ2) is 9.41. The van der Waals surface area contributed by atoms with Crippen molar-refractivity contribution in [1.29, 1.82) is 0 Å². The smallest absolute Gasteiger partial charge is 0 e. The van der Waals surface area contributed by atoms with Crippen molar-refractivity contribution >= 4 is 45.6 Å². The third-order valence-electron chi connectivity index (χ3n) is 0. The summed E-state index contributed by atoms with van der Waals surface area (Å²) in [6.07, 6.45) is 0. The molecule has 0 atom stereocenters. The fraction of sp³-hybridized carbons (Fsp3) is 0. The Balaban J connectivity index is -0.0000000267. The van der Waals surface area contributed by atoms with Gasteiger partial charge in [-0.2, -0.15) is 0 Å². The van der Waals surface area contributed by atoms with Crippen LogP contribution < -0.4 is 0 Å². The van der Waals surface area contributed by atoms with Crippen molar-refractivity contribution in [2.45, 2.75) is 0 Å². The van der Waals surface area contributed by atoms with Crippen LogP contribution in [0.2, 0.25) is 0 Å². The summed E-state index contributed by atoms with van der Waals surface area (Å²) >= 11 is 0. The van der Waals surface area contributed by atoms with E-state index in [1.165, 1.54) is 0 Å². The predicted molar refractivity (Wildman–Crippen MR) is 22.8 cm³/mol. The van der Waals surface area contributed by atoms with Crippen LogP contribution in [0.5, 0.6) is 0 Å². The molecule has 0 aromatic heterocycles. The number of rotatable bonds is 0. The molecule has 0 saturated heterocycles. The van der Waals surface area contributed by atoms with Crippen molar-refractivity contribution in [3.05, 3.63) is 0 Å². The van der Waals surface area contributed by atoms with Gasteiger partial charge in [0, 0.05) is 34.1 Å². The van der Waals surface area contributed by atoms with E-state index in [9.17, 15) is 0 Å². The zero-order chi connectivity index (χ0) is 4.50. The van der Waals surface area contributed by atoms with Gasteiger partial charge in [0.25, 0.3) is 0 Å². The molecule has 0 aromatic rings. The minimum Gasteiger partial charge on any atom is 0 e. The van der Waals surface area contributed by atoms with E-state index in [1.807, 2.05) is 0 Å². The summed E-state index contributed by atoms with van der Waals surface area (Å²) in [5, 5.41) is 0. The fourth-order valence-corrected chi connectivity index (χ4v) is 0. The third kappa shape index (κ3) is 79.6. The predicted octanol–water partition coefficient (Wildman–Crippen LogP) is -1.85. The van der Waals surface area contributed by atoms with E-state index in [-0.39, 0.29) is 71.9 Å². The monoisotopic (exact) mass is 251 g/mol. The average Bonchev–Trinajstić information content (AvgIpc) is 0.722. The quantitative estimate of drug-likeness (QED) is 0.349. The van der Waals surface area contributed by atoms with Gasteiger partial charge < -0.3 is 14.7 Å². The molecular formula is H5CaFeMnO4P. The summed E-state index contributed by atoms with van der Waals surface area (Å²) < 4.78 is 8.88. The summed E-state index contributed by atoms with van der Waals surface area (Å²) in [6, 6.07) is 0. The molecule has 0 aliphatic rings. The molecule has 8 heteroatoms. The topological polar surface area (TPSA) is 77.8 Å². The maximum Gasteiger partial charge on any atom is 0 e. The van der Waals surface area contributed by atoms with Gasteiger partial charge in [-0.15, -0.1) is 0 Å². The molecule has 0 aromatic carbocycles. The molecule has 0 aliphatic heterocycles. The van der Waals surface area contributed by atoms with Gasteiger partial charge in [-0.1, -0.05) is 0 Å². The molecule has 0 rings (SSSR count). The second-order valence-corrected chi connectivity index (χ2v) is 1.54. The molecular weight excluding hydrogens is 246 g/mol. The molecule has 8 heavy (non-hydrogen) atoms. The Morgan fingerprint density at radius 1 is 1.12 bits per heavy atom. The van der Waals surface area contributed by atoms with Gasteiger partial charge in [0.05, 0.1) is 0 Å². The van der Waals surface area contributed by atoms with Crippen LogP contribution in [0.25, 0.3) is 0 Å². The van der Waals surface area contributed by atoms with Crippen molar-refractivity contribution in [2.75, 3.05) is 0 Å². The molecule has 0 amide bonds. The van der Waals surface area contributed by atoms with E-state index in [0.717, 1.165) is 0 Å². The number of hydrogen-bond donors (Lipinski definition) is 3. The van der Waals surface area contributed by atoms with Crippen LogP contribution in [0, 0.1) is 0 Å². The molecule has 4 nitrogen and oxygen atoms in total. The van der Waals surface area contributed by atoms with E-state index >= 15 is 0 Å². The molecule has 0 aliphatic carbocycles. The van der Waals surface area contributed by atoms with Gasteiger partial charge >= 0.3 is 45.6 Å². The van der Waals surface area contributed by atoms with Gasteiger partial charge in [0.1, 0.15) is 0 Å². The van der Waals surface area contributed by atoms with Crippen molar-refractivity contribution in [1.82, 2.24) is 0 Å². The summed E-state index contributed by atoms with van der Waals surface area (Å²) in [6.45, 7) is 0. The largest absolute Gasteiger partial charge is 0 e. The Bertz CT molecular complexity index is 62.2. The van der Waals surface area contributed by atoms with E-state index in [0.29, 0.717) is 0 Å². The van der Waals surface area contributed by atoms with Gasteiger partial charge in [-0.25, -0.2) is 4.57 Å². The molecule has 0 spiro atoms. The summed E-state index contributed by atoms with van der Waals surface area (Å²) in [5.41, 5.74) is 0. The summed E-state index contributed by atoms with van der Waals surface area (Å²) in [7, 11) is -4.64. The molecule has 3 N–H and O–H groups in total. The van der Waals surface area contributed by atoms with Crippen molar-refractivity contribution in [3.8, 4) is 0 Å². The zero-order valence-corrected chi connectivity index (χ0v) is 6.11. The molecule has 0 bridgehead atoms. The Morgan fingerprint density at radius 3 is 1.12 bits per heavy atom. The minimum absolute atomic E-state index is 0. The van der Waals surface area contributed by atoms with E-state index in [4.69, 9.17) is 19.2 Å². The first-order chi connectivity index (χ1) is 2.00. The third-order valence-corrected chi connectivity index (χ3v) is 0. The zero-order valence-electron chi connectivity index (χ0n) is 2.93.